The predicted molar refractivity (Wildman–Crippen MR) is 50.7 cm³/mol. The van der Waals surface area contributed by atoms with Crippen LogP contribution in [0.5, 0.6) is 0 Å². The minimum absolute atomic E-state index is 0.0537. The Bertz CT molecular complexity index is 397. The molecular weight excluding hydrogens is 200 g/mol. The highest BCUT2D eigenvalue weighted by atomic mass is 16.5. The number of aromatic carboxylic acids is 1. The molecule has 2 N–H and O–H groups in total. The largest absolute Gasteiger partial charge is 0.478 e. The number of aliphatic hydroxyl groups is 1. The van der Waals surface area contributed by atoms with Crippen LogP contribution in [-0.2, 0) is 11.3 Å². The number of rotatable bonds is 3. The molecule has 5 nitrogen and oxygen atoms in total. The molecule has 1 rings (SSSR count). The van der Waals surface area contributed by atoms with E-state index in [0.717, 1.165) is 0 Å². The third-order valence-electron chi connectivity index (χ3n) is 1.84. The third kappa shape index (κ3) is 2.54. The van der Waals surface area contributed by atoms with Crippen molar-refractivity contribution < 1.29 is 24.5 Å². The Hall–Kier alpha value is -1.88. The van der Waals surface area contributed by atoms with E-state index in [4.69, 9.17) is 10.2 Å². The lowest BCUT2D eigenvalue weighted by Crippen LogP contribution is -2.06. The maximum absolute atomic E-state index is 11.2. The number of carboxylic acid groups (broad SMARTS) is 1. The summed E-state index contributed by atoms with van der Waals surface area (Å²) in [6.45, 7) is -0.328. The van der Waals surface area contributed by atoms with Crippen LogP contribution in [0, 0.1) is 0 Å². The number of hydrogen-bond acceptors (Lipinski definition) is 4. The molecule has 0 heterocycles. The summed E-state index contributed by atoms with van der Waals surface area (Å²) in [5.74, 6) is -1.79. The van der Waals surface area contributed by atoms with Crippen LogP contribution in [0.1, 0.15) is 26.3 Å². The number of hydrogen-bond donors (Lipinski definition) is 2. The molecule has 0 aromatic heterocycles. The van der Waals surface area contributed by atoms with Crippen molar-refractivity contribution >= 4 is 11.9 Å². The fourth-order valence-corrected chi connectivity index (χ4v) is 1.14. The lowest BCUT2D eigenvalue weighted by atomic mass is 10.1. The second-order valence-corrected chi connectivity index (χ2v) is 2.87. The van der Waals surface area contributed by atoms with Crippen LogP contribution >= 0.6 is 0 Å². The molecule has 0 fully saturated rings. The normalized spacial score (nSPS) is 9.73. The molecule has 1 aromatic rings. The van der Waals surface area contributed by atoms with Gasteiger partial charge >= 0.3 is 11.9 Å². The highest BCUT2D eigenvalue weighted by molar-refractivity contribution is 5.94. The number of esters is 1. The molecule has 0 amide bonds. The lowest BCUT2D eigenvalue weighted by molar-refractivity contribution is 0.0600. The Balaban J connectivity index is 3.23. The van der Waals surface area contributed by atoms with Gasteiger partial charge in [0.25, 0.3) is 0 Å². The zero-order valence-corrected chi connectivity index (χ0v) is 8.06. The molecule has 15 heavy (non-hydrogen) atoms. The van der Waals surface area contributed by atoms with Crippen molar-refractivity contribution in [1.29, 1.82) is 0 Å². The smallest absolute Gasteiger partial charge is 0.337 e. The Kier molecular flexibility index (Phi) is 3.41. The first-order chi connectivity index (χ1) is 7.08. The van der Waals surface area contributed by atoms with E-state index in [9.17, 15) is 9.59 Å². The molecule has 0 aliphatic carbocycles. The lowest BCUT2D eigenvalue weighted by Gasteiger charge is -2.04. The summed E-state index contributed by atoms with van der Waals surface area (Å²) < 4.78 is 4.46. The van der Waals surface area contributed by atoms with Crippen molar-refractivity contribution in [2.75, 3.05) is 7.11 Å². The van der Waals surface area contributed by atoms with Crippen LogP contribution < -0.4 is 0 Å². The van der Waals surface area contributed by atoms with E-state index in [-0.39, 0.29) is 17.7 Å². The number of methoxy groups -OCH3 is 1. The number of carbonyl (C=O) groups excluding carboxylic acids is 1. The predicted octanol–water partition coefficient (Wildman–Crippen LogP) is 0.664. The molecule has 0 saturated carbocycles. The maximum atomic E-state index is 11.2. The van der Waals surface area contributed by atoms with Crippen molar-refractivity contribution in [2.24, 2.45) is 0 Å². The van der Waals surface area contributed by atoms with Gasteiger partial charge in [0, 0.05) is 0 Å². The third-order valence-corrected chi connectivity index (χ3v) is 1.84. The zero-order valence-electron chi connectivity index (χ0n) is 8.06. The molecular formula is C10H10O5. The maximum Gasteiger partial charge on any atom is 0.337 e. The molecule has 0 radical (unpaired) electrons. The molecule has 0 saturated heterocycles. The van der Waals surface area contributed by atoms with E-state index in [1.165, 1.54) is 25.3 Å². The minimum Gasteiger partial charge on any atom is -0.478 e. The molecule has 0 aliphatic heterocycles. The number of benzene rings is 1. The second kappa shape index (κ2) is 4.56. The molecule has 5 heteroatoms. The summed E-state index contributed by atoms with van der Waals surface area (Å²) >= 11 is 0. The quantitative estimate of drug-likeness (QED) is 0.716. The van der Waals surface area contributed by atoms with Crippen LogP contribution in [0.15, 0.2) is 18.2 Å². The first-order valence-corrected chi connectivity index (χ1v) is 4.15. The van der Waals surface area contributed by atoms with E-state index in [0.29, 0.717) is 5.56 Å². The van der Waals surface area contributed by atoms with Crippen LogP contribution in [0.25, 0.3) is 0 Å². The molecule has 1 aromatic carbocycles. The summed E-state index contributed by atoms with van der Waals surface area (Å²) in [5.41, 5.74) is 0.415. The molecule has 80 valence electrons. The van der Waals surface area contributed by atoms with E-state index < -0.39 is 11.9 Å². The van der Waals surface area contributed by atoms with E-state index in [1.54, 1.807) is 0 Å². The van der Waals surface area contributed by atoms with E-state index >= 15 is 0 Å². The van der Waals surface area contributed by atoms with Gasteiger partial charge in [0.15, 0.2) is 0 Å². The molecule has 0 spiro atoms. The number of carbonyl (C=O) groups is 2. The van der Waals surface area contributed by atoms with Gasteiger partial charge in [-0.05, 0) is 23.8 Å². The summed E-state index contributed by atoms with van der Waals surface area (Å²) in [6.07, 6.45) is 0. The van der Waals surface area contributed by atoms with Gasteiger partial charge in [0.05, 0.1) is 24.8 Å². The van der Waals surface area contributed by atoms with Gasteiger partial charge in [-0.3, -0.25) is 0 Å². The van der Waals surface area contributed by atoms with Crippen molar-refractivity contribution in [3.05, 3.63) is 34.9 Å². The summed E-state index contributed by atoms with van der Waals surface area (Å²) in [5, 5.41) is 17.6. The average Bonchev–Trinajstić information content (AvgIpc) is 2.27. The van der Waals surface area contributed by atoms with Gasteiger partial charge < -0.3 is 14.9 Å². The summed E-state index contributed by atoms with van der Waals surface area (Å²) in [6, 6.07) is 3.89. The Labute approximate surface area is 85.9 Å². The Morgan fingerprint density at radius 3 is 2.33 bits per heavy atom. The first kappa shape index (κ1) is 11.2. The van der Waals surface area contributed by atoms with Gasteiger partial charge in [-0.25, -0.2) is 9.59 Å². The van der Waals surface area contributed by atoms with Crippen LogP contribution in [0.3, 0.4) is 0 Å². The topological polar surface area (TPSA) is 83.8 Å². The standard InChI is InChI=1S/C10H10O5/c1-15-10(14)8-3-6(5-11)2-7(4-8)9(12)13/h2-4,11H,5H2,1H3,(H,12,13). The Morgan fingerprint density at radius 1 is 1.27 bits per heavy atom. The van der Waals surface area contributed by atoms with Crippen LogP contribution in [0.4, 0.5) is 0 Å². The summed E-state index contributed by atoms with van der Waals surface area (Å²) in [4.78, 5) is 21.9. The van der Waals surface area contributed by atoms with Crippen molar-refractivity contribution in [3.8, 4) is 0 Å². The van der Waals surface area contributed by atoms with E-state index in [1.807, 2.05) is 0 Å². The molecule has 0 bridgehead atoms. The van der Waals surface area contributed by atoms with Crippen molar-refractivity contribution in [2.45, 2.75) is 6.61 Å². The van der Waals surface area contributed by atoms with E-state index in [2.05, 4.69) is 4.74 Å². The van der Waals surface area contributed by atoms with Gasteiger partial charge in [-0.15, -0.1) is 0 Å². The summed E-state index contributed by atoms with van der Waals surface area (Å²) in [7, 11) is 1.20. The molecule has 0 atom stereocenters. The molecule has 0 aliphatic rings. The van der Waals surface area contributed by atoms with Crippen LogP contribution in [0.2, 0.25) is 0 Å². The monoisotopic (exact) mass is 210 g/mol. The van der Waals surface area contributed by atoms with Crippen molar-refractivity contribution in [1.82, 2.24) is 0 Å². The van der Waals surface area contributed by atoms with Crippen molar-refractivity contribution in [3.63, 3.8) is 0 Å². The van der Waals surface area contributed by atoms with Gasteiger partial charge in [-0.1, -0.05) is 0 Å². The highest BCUT2D eigenvalue weighted by Gasteiger charge is 2.11. The second-order valence-electron chi connectivity index (χ2n) is 2.87. The highest BCUT2D eigenvalue weighted by Crippen LogP contribution is 2.11. The fraction of sp³-hybridized carbons (Fsp3) is 0.200. The van der Waals surface area contributed by atoms with Gasteiger partial charge in [0.1, 0.15) is 0 Å². The SMILES string of the molecule is COC(=O)c1cc(CO)cc(C(=O)O)c1. The fourth-order valence-electron chi connectivity index (χ4n) is 1.14. The van der Waals surface area contributed by atoms with Gasteiger partial charge in [-0.2, -0.15) is 0 Å². The Morgan fingerprint density at radius 2 is 1.87 bits per heavy atom. The zero-order chi connectivity index (χ0) is 11.4. The number of aliphatic hydroxyl groups excluding tert-OH is 1. The number of carboxylic acids is 1. The minimum atomic E-state index is -1.16. The first-order valence-electron chi connectivity index (χ1n) is 4.15. The molecule has 0 unspecified atom stereocenters. The average molecular weight is 210 g/mol. The van der Waals surface area contributed by atoms with Crippen LogP contribution in [-0.4, -0.2) is 29.3 Å². The number of ether oxygens (including phenoxy) is 1. The van der Waals surface area contributed by atoms with Gasteiger partial charge in [0.2, 0.25) is 0 Å².